The number of nitrogens with zero attached hydrogens (tertiary/aromatic N) is 2. The van der Waals surface area contributed by atoms with E-state index < -0.39 is 23.5 Å². The van der Waals surface area contributed by atoms with Crippen LogP contribution in [-0.4, -0.2) is 28.9 Å². The Morgan fingerprint density at radius 1 is 0.951 bits per heavy atom. The Balaban J connectivity index is 1.42. The smallest absolute Gasteiger partial charge is 0.301 e. The second-order valence-corrected chi connectivity index (χ2v) is 10.4. The molecule has 1 aromatic heterocycles. The number of benzene rings is 4. The van der Waals surface area contributed by atoms with E-state index in [0.29, 0.717) is 39.4 Å². The van der Waals surface area contributed by atoms with Gasteiger partial charge < -0.3 is 14.6 Å². The molecule has 1 N–H and O–H groups in total. The second kappa shape index (κ2) is 10.9. The minimum atomic E-state index is -0.981. The topological polar surface area (TPSA) is 89.0 Å². The Morgan fingerprint density at radius 3 is 2.37 bits per heavy atom. The molecule has 6 rings (SSSR count). The molecule has 1 aliphatic rings. The zero-order chi connectivity index (χ0) is 28.5. The van der Waals surface area contributed by atoms with Crippen molar-refractivity contribution in [3.05, 3.63) is 125 Å². The lowest BCUT2D eigenvalue weighted by atomic mass is 9.95. The third kappa shape index (κ3) is 5.03. The number of thiazole rings is 1. The van der Waals surface area contributed by atoms with Crippen molar-refractivity contribution in [2.24, 2.45) is 0 Å². The number of fused-ring (bicyclic) bond motifs is 1. The van der Waals surface area contributed by atoms with Gasteiger partial charge in [0.1, 0.15) is 29.7 Å². The largest absolute Gasteiger partial charge is 0.507 e. The number of methoxy groups -OCH3 is 1. The lowest BCUT2D eigenvalue weighted by Gasteiger charge is -2.23. The van der Waals surface area contributed by atoms with E-state index in [1.165, 1.54) is 30.2 Å². The van der Waals surface area contributed by atoms with Gasteiger partial charge in [0.15, 0.2) is 5.13 Å². The molecule has 1 atom stereocenters. The Morgan fingerprint density at radius 2 is 1.66 bits per heavy atom. The zero-order valence-corrected chi connectivity index (χ0v) is 22.6. The first-order valence-electron chi connectivity index (χ1n) is 12.7. The van der Waals surface area contributed by atoms with E-state index in [1.807, 2.05) is 30.3 Å². The standard InChI is InChI=1S/C32H23FN2O5S/c1-39-23-12-9-21(10-13-23)29(36)27-28(20-7-14-24(15-8-20)40-18-19-5-3-2-4-6-19)35(31(38)30(27)37)32-34-25-16-11-22(33)17-26(25)41-32/h2-17,28,36H,18H2,1H3/b29-27+. The number of carbonyl (C=O) groups excluding carboxylic acids is 2. The number of amides is 1. The number of hydrogen-bond acceptors (Lipinski definition) is 7. The van der Waals surface area contributed by atoms with E-state index in [0.717, 1.165) is 16.9 Å². The zero-order valence-electron chi connectivity index (χ0n) is 21.8. The molecular formula is C32H23FN2O5S. The maximum Gasteiger partial charge on any atom is 0.301 e. The third-order valence-corrected chi connectivity index (χ3v) is 7.81. The van der Waals surface area contributed by atoms with Crippen molar-refractivity contribution in [2.45, 2.75) is 12.6 Å². The number of ether oxygens (including phenoxy) is 2. The summed E-state index contributed by atoms with van der Waals surface area (Å²) in [6.45, 7) is 0.373. The molecule has 1 amide bonds. The predicted octanol–water partition coefficient (Wildman–Crippen LogP) is 6.65. The van der Waals surface area contributed by atoms with Crippen LogP contribution in [0.5, 0.6) is 11.5 Å². The van der Waals surface area contributed by atoms with Crippen LogP contribution in [0.1, 0.15) is 22.7 Å². The summed E-state index contributed by atoms with van der Waals surface area (Å²) in [6.07, 6.45) is 0. The van der Waals surface area contributed by atoms with Gasteiger partial charge in [-0.2, -0.15) is 0 Å². The van der Waals surface area contributed by atoms with Gasteiger partial charge in [-0.1, -0.05) is 53.8 Å². The summed E-state index contributed by atoms with van der Waals surface area (Å²) in [4.78, 5) is 32.7. The number of aliphatic hydroxyl groups is 1. The van der Waals surface area contributed by atoms with Crippen LogP contribution in [0.15, 0.2) is 103 Å². The molecule has 9 heteroatoms. The molecule has 4 aromatic carbocycles. The Hall–Kier alpha value is -5.02. The van der Waals surface area contributed by atoms with Crippen molar-refractivity contribution < 1.29 is 28.6 Å². The van der Waals surface area contributed by atoms with Crippen molar-refractivity contribution in [1.29, 1.82) is 0 Å². The highest BCUT2D eigenvalue weighted by molar-refractivity contribution is 7.22. The van der Waals surface area contributed by atoms with Gasteiger partial charge in [0, 0.05) is 5.56 Å². The van der Waals surface area contributed by atoms with E-state index in [-0.39, 0.29) is 16.5 Å². The molecular weight excluding hydrogens is 543 g/mol. The fourth-order valence-corrected chi connectivity index (χ4v) is 5.74. The number of Topliss-reactive ketones (excluding diaryl/α,β-unsaturated/α-hetero) is 1. The maximum absolute atomic E-state index is 13.9. The van der Waals surface area contributed by atoms with Crippen LogP contribution in [0.4, 0.5) is 9.52 Å². The number of aromatic nitrogens is 1. The first-order valence-corrected chi connectivity index (χ1v) is 13.5. The van der Waals surface area contributed by atoms with Crippen LogP contribution in [-0.2, 0) is 16.2 Å². The molecule has 5 aromatic rings. The summed E-state index contributed by atoms with van der Waals surface area (Å²) in [5.41, 5.74) is 2.34. The normalized spacial score (nSPS) is 16.3. The lowest BCUT2D eigenvalue weighted by molar-refractivity contribution is -0.132. The van der Waals surface area contributed by atoms with E-state index >= 15 is 0 Å². The highest BCUT2D eigenvalue weighted by Crippen LogP contribution is 2.44. The molecule has 41 heavy (non-hydrogen) atoms. The summed E-state index contributed by atoms with van der Waals surface area (Å²) < 4.78 is 25.5. The molecule has 0 radical (unpaired) electrons. The van der Waals surface area contributed by atoms with Crippen LogP contribution in [0, 0.1) is 5.82 Å². The van der Waals surface area contributed by atoms with Gasteiger partial charge in [0.25, 0.3) is 5.78 Å². The fourth-order valence-electron chi connectivity index (χ4n) is 4.73. The summed E-state index contributed by atoms with van der Waals surface area (Å²) in [7, 11) is 1.53. The summed E-state index contributed by atoms with van der Waals surface area (Å²) in [5, 5.41) is 11.6. The molecule has 2 heterocycles. The minimum absolute atomic E-state index is 0.0800. The average Bonchev–Trinajstić information content (AvgIpc) is 3.53. The molecule has 204 valence electrons. The number of aliphatic hydroxyl groups excluding tert-OH is 1. The molecule has 1 aliphatic heterocycles. The molecule has 0 spiro atoms. The van der Waals surface area contributed by atoms with Crippen molar-refractivity contribution in [2.75, 3.05) is 12.0 Å². The van der Waals surface area contributed by atoms with E-state index in [9.17, 15) is 19.1 Å². The quantitative estimate of drug-likeness (QED) is 0.135. The summed E-state index contributed by atoms with van der Waals surface area (Å²) in [6, 6.07) is 26.4. The van der Waals surface area contributed by atoms with E-state index in [1.54, 1.807) is 48.5 Å². The van der Waals surface area contributed by atoms with Crippen LogP contribution in [0.3, 0.4) is 0 Å². The number of rotatable bonds is 7. The number of halogens is 1. The summed E-state index contributed by atoms with van der Waals surface area (Å²) >= 11 is 1.09. The van der Waals surface area contributed by atoms with Crippen LogP contribution >= 0.6 is 11.3 Å². The average molecular weight is 567 g/mol. The lowest BCUT2D eigenvalue weighted by Crippen LogP contribution is -2.29. The molecule has 0 saturated carbocycles. The highest BCUT2D eigenvalue weighted by atomic mass is 32.1. The first kappa shape index (κ1) is 26.2. The van der Waals surface area contributed by atoms with Crippen molar-refractivity contribution in [1.82, 2.24) is 4.98 Å². The Bertz CT molecular complexity index is 1780. The van der Waals surface area contributed by atoms with E-state index in [4.69, 9.17) is 9.47 Å². The van der Waals surface area contributed by atoms with Crippen molar-refractivity contribution in [3.63, 3.8) is 0 Å². The number of carbonyl (C=O) groups is 2. The van der Waals surface area contributed by atoms with Gasteiger partial charge in [0.2, 0.25) is 0 Å². The van der Waals surface area contributed by atoms with Gasteiger partial charge in [0.05, 0.1) is 28.9 Å². The predicted molar refractivity (Wildman–Crippen MR) is 155 cm³/mol. The van der Waals surface area contributed by atoms with Crippen LogP contribution < -0.4 is 14.4 Å². The van der Waals surface area contributed by atoms with Crippen LogP contribution in [0.2, 0.25) is 0 Å². The Kier molecular flexibility index (Phi) is 6.94. The first-order chi connectivity index (χ1) is 19.9. The highest BCUT2D eigenvalue weighted by Gasteiger charge is 2.48. The van der Waals surface area contributed by atoms with Gasteiger partial charge >= 0.3 is 5.91 Å². The third-order valence-electron chi connectivity index (χ3n) is 6.80. The van der Waals surface area contributed by atoms with Gasteiger partial charge in [-0.3, -0.25) is 14.5 Å². The molecule has 1 saturated heterocycles. The van der Waals surface area contributed by atoms with Crippen LogP contribution in [0.25, 0.3) is 16.0 Å². The molecule has 0 aliphatic carbocycles. The number of hydrogen-bond donors (Lipinski definition) is 1. The van der Waals surface area contributed by atoms with Gasteiger partial charge in [-0.25, -0.2) is 9.37 Å². The van der Waals surface area contributed by atoms with Gasteiger partial charge in [-0.15, -0.1) is 0 Å². The molecule has 1 fully saturated rings. The maximum atomic E-state index is 13.9. The molecule has 1 unspecified atom stereocenters. The number of ketones is 1. The Labute approximate surface area is 238 Å². The fraction of sp³-hybridized carbons (Fsp3) is 0.0938. The second-order valence-electron chi connectivity index (χ2n) is 9.35. The molecule has 7 nitrogen and oxygen atoms in total. The van der Waals surface area contributed by atoms with Gasteiger partial charge in [-0.05, 0) is 65.7 Å². The molecule has 0 bridgehead atoms. The summed E-state index contributed by atoms with van der Waals surface area (Å²) in [5.74, 6) is -1.27. The van der Waals surface area contributed by atoms with Crippen molar-refractivity contribution in [3.8, 4) is 11.5 Å². The monoisotopic (exact) mass is 566 g/mol. The number of anilines is 1. The van der Waals surface area contributed by atoms with E-state index in [2.05, 4.69) is 4.98 Å². The minimum Gasteiger partial charge on any atom is -0.507 e. The van der Waals surface area contributed by atoms with Crippen molar-refractivity contribution >= 4 is 44.1 Å². The SMILES string of the molecule is COc1ccc(/C(O)=C2\C(=O)C(=O)N(c3nc4ccc(F)cc4s3)C2c2ccc(OCc3ccccc3)cc2)cc1.